The molecule has 0 radical (unpaired) electrons. The molecule has 0 saturated heterocycles. The van der Waals surface area contributed by atoms with Gasteiger partial charge in [-0.3, -0.25) is 0 Å². The van der Waals surface area contributed by atoms with Gasteiger partial charge in [-0.25, -0.2) is 4.98 Å². The Hall–Kier alpha value is -0.320. The van der Waals surface area contributed by atoms with Crippen LogP contribution in [-0.4, -0.2) is 15.5 Å². The molecule has 11 heavy (non-hydrogen) atoms. The van der Waals surface area contributed by atoms with Crippen molar-refractivity contribution in [1.82, 2.24) is 9.55 Å². The summed E-state index contributed by atoms with van der Waals surface area (Å²) in [6.45, 7) is 1.62. The molecule has 0 atom stereocenters. The SMILES string of the molecule is Cc1nccn1CC(=O)[O-].[Na+]. The Balaban J connectivity index is 0.000001000. The van der Waals surface area contributed by atoms with Crippen LogP contribution in [0.25, 0.3) is 0 Å². The number of nitrogens with zero attached hydrogens (tertiary/aromatic N) is 2. The number of hydrogen-bond donors (Lipinski definition) is 0. The van der Waals surface area contributed by atoms with E-state index in [0.29, 0.717) is 5.82 Å². The number of carbonyl (C=O) groups excluding carboxylic acids is 1. The maximum atomic E-state index is 10.1. The molecule has 0 bridgehead atoms. The smallest absolute Gasteiger partial charge is 0.548 e. The number of aliphatic carboxylic acids is 1. The summed E-state index contributed by atoms with van der Waals surface area (Å²) in [6.07, 6.45) is 3.16. The van der Waals surface area contributed by atoms with Crippen molar-refractivity contribution < 1.29 is 39.5 Å². The normalized spacial score (nSPS) is 8.82. The maximum Gasteiger partial charge on any atom is 1.00 e. The van der Waals surface area contributed by atoms with Gasteiger partial charge in [0.15, 0.2) is 0 Å². The Morgan fingerprint density at radius 3 is 2.82 bits per heavy atom. The minimum atomic E-state index is -1.10. The van der Waals surface area contributed by atoms with E-state index in [-0.39, 0.29) is 36.1 Å². The van der Waals surface area contributed by atoms with Crippen molar-refractivity contribution in [3.8, 4) is 0 Å². The van der Waals surface area contributed by atoms with E-state index in [1.165, 1.54) is 4.57 Å². The molecule has 1 aromatic rings. The van der Waals surface area contributed by atoms with Crippen LogP contribution in [-0.2, 0) is 11.3 Å². The zero-order valence-corrected chi connectivity index (χ0v) is 8.57. The Labute approximate surface area is 86.5 Å². The largest absolute Gasteiger partial charge is 1.00 e. The number of carboxylic acid groups (broad SMARTS) is 1. The molecule has 1 rings (SSSR count). The monoisotopic (exact) mass is 162 g/mol. The van der Waals surface area contributed by atoms with E-state index >= 15 is 0 Å². The van der Waals surface area contributed by atoms with Gasteiger partial charge in [-0.1, -0.05) is 0 Å². The van der Waals surface area contributed by atoms with Crippen molar-refractivity contribution in [1.29, 1.82) is 0 Å². The van der Waals surface area contributed by atoms with E-state index in [4.69, 9.17) is 0 Å². The molecule has 0 aliphatic heterocycles. The first-order valence-electron chi connectivity index (χ1n) is 2.87. The molecule has 0 aliphatic carbocycles. The van der Waals surface area contributed by atoms with Gasteiger partial charge in [0, 0.05) is 12.4 Å². The zero-order chi connectivity index (χ0) is 7.56. The third-order valence-electron chi connectivity index (χ3n) is 1.22. The molecule has 4 nitrogen and oxygen atoms in total. The van der Waals surface area contributed by atoms with Gasteiger partial charge >= 0.3 is 29.6 Å². The van der Waals surface area contributed by atoms with Crippen molar-refractivity contribution in [2.45, 2.75) is 13.5 Å². The molecule has 0 spiro atoms. The van der Waals surface area contributed by atoms with E-state index in [9.17, 15) is 9.90 Å². The zero-order valence-electron chi connectivity index (χ0n) is 6.57. The molecule has 0 amide bonds. The third-order valence-corrected chi connectivity index (χ3v) is 1.22. The second-order valence-corrected chi connectivity index (χ2v) is 1.97. The quantitative estimate of drug-likeness (QED) is 0.416. The molecule has 0 saturated carbocycles. The fourth-order valence-corrected chi connectivity index (χ4v) is 0.710. The van der Waals surface area contributed by atoms with Gasteiger partial charge in [-0.2, -0.15) is 0 Å². The Morgan fingerprint density at radius 1 is 1.82 bits per heavy atom. The molecule has 54 valence electrons. The topological polar surface area (TPSA) is 58.0 Å². The average Bonchev–Trinajstić information content (AvgIpc) is 2.15. The number of carboxylic acids is 1. The molecule has 0 N–H and O–H groups in total. The third kappa shape index (κ3) is 3.05. The minimum absolute atomic E-state index is 0. The molecule has 0 aliphatic rings. The molecule has 5 heteroatoms. The standard InChI is InChI=1S/C6H8N2O2.Na/c1-5-7-2-3-8(5)4-6(9)10;/h2-3H,4H2,1H3,(H,9,10);/q;+1/p-1. The van der Waals surface area contributed by atoms with E-state index in [2.05, 4.69) is 4.98 Å². The van der Waals surface area contributed by atoms with E-state index < -0.39 is 5.97 Å². The van der Waals surface area contributed by atoms with Crippen LogP contribution in [0.15, 0.2) is 12.4 Å². The van der Waals surface area contributed by atoms with Crippen molar-refractivity contribution in [3.05, 3.63) is 18.2 Å². The minimum Gasteiger partial charge on any atom is -0.548 e. The van der Waals surface area contributed by atoms with Crippen LogP contribution in [0.4, 0.5) is 0 Å². The second-order valence-electron chi connectivity index (χ2n) is 1.97. The maximum absolute atomic E-state index is 10.1. The summed E-state index contributed by atoms with van der Waals surface area (Å²) < 4.78 is 1.51. The first kappa shape index (κ1) is 10.7. The van der Waals surface area contributed by atoms with Gasteiger partial charge in [0.2, 0.25) is 0 Å². The Kier molecular flexibility index (Phi) is 4.40. The molecule has 1 aromatic heterocycles. The van der Waals surface area contributed by atoms with Crippen LogP contribution in [0.1, 0.15) is 5.82 Å². The molecule has 1 heterocycles. The predicted molar refractivity (Wildman–Crippen MR) is 32.0 cm³/mol. The van der Waals surface area contributed by atoms with Crippen LogP contribution in [0, 0.1) is 6.92 Å². The van der Waals surface area contributed by atoms with Gasteiger partial charge in [0.1, 0.15) is 5.82 Å². The summed E-state index contributed by atoms with van der Waals surface area (Å²) in [4.78, 5) is 13.9. The Morgan fingerprint density at radius 2 is 2.45 bits per heavy atom. The average molecular weight is 162 g/mol. The van der Waals surface area contributed by atoms with Gasteiger partial charge < -0.3 is 14.5 Å². The number of rotatable bonds is 2. The van der Waals surface area contributed by atoms with Crippen molar-refractivity contribution in [2.75, 3.05) is 0 Å². The summed E-state index contributed by atoms with van der Waals surface area (Å²) in [5, 5.41) is 10.1. The predicted octanol–water partition coefficient (Wildman–Crippen LogP) is -4.05. The number of aromatic nitrogens is 2. The number of aryl methyl sites for hydroxylation is 1. The summed E-state index contributed by atoms with van der Waals surface area (Å²) in [6, 6.07) is 0. The van der Waals surface area contributed by atoms with Gasteiger partial charge in [-0.15, -0.1) is 0 Å². The fraction of sp³-hybridized carbons (Fsp3) is 0.333. The van der Waals surface area contributed by atoms with Crippen LogP contribution in [0.5, 0.6) is 0 Å². The molecule has 0 fully saturated rings. The van der Waals surface area contributed by atoms with Crippen LogP contribution >= 0.6 is 0 Å². The first-order chi connectivity index (χ1) is 4.70. The van der Waals surface area contributed by atoms with Crippen LogP contribution in [0.2, 0.25) is 0 Å². The van der Waals surface area contributed by atoms with Crippen LogP contribution in [0.3, 0.4) is 0 Å². The van der Waals surface area contributed by atoms with Gasteiger partial charge in [-0.05, 0) is 6.92 Å². The molecule has 0 unspecified atom stereocenters. The number of imidazole rings is 1. The number of carbonyl (C=O) groups is 1. The van der Waals surface area contributed by atoms with Gasteiger partial charge in [0.05, 0.1) is 12.5 Å². The van der Waals surface area contributed by atoms with E-state index in [1.54, 1.807) is 19.3 Å². The second kappa shape index (κ2) is 4.54. The summed E-state index contributed by atoms with van der Waals surface area (Å²) in [7, 11) is 0. The van der Waals surface area contributed by atoms with Crippen molar-refractivity contribution >= 4 is 5.97 Å². The van der Waals surface area contributed by atoms with E-state index in [1.807, 2.05) is 0 Å². The first-order valence-corrected chi connectivity index (χ1v) is 2.87. The summed E-state index contributed by atoms with van der Waals surface area (Å²) in [5.74, 6) is -0.412. The molecular formula is C6H7N2NaO2. The molecular weight excluding hydrogens is 155 g/mol. The number of hydrogen-bond acceptors (Lipinski definition) is 3. The fourth-order valence-electron chi connectivity index (χ4n) is 0.710. The summed E-state index contributed by atoms with van der Waals surface area (Å²) >= 11 is 0. The van der Waals surface area contributed by atoms with E-state index in [0.717, 1.165) is 0 Å². The van der Waals surface area contributed by atoms with Crippen LogP contribution < -0.4 is 34.7 Å². The van der Waals surface area contributed by atoms with Gasteiger partial charge in [0.25, 0.3) is 0 Å². The molecule has 0 aromatic carbocycles. The van der Waals surface area contributed by atoms with Crippen molar-refractivity contribution in [3.63, 3.8) is 0 Å². The van der Waals surface area contributed by atoms with Crippen molar-refractivity contribution in [2.24, 2.45) is 0 Å². The Bertz CT molecular complexity index is 246. The summed E-state index contributed by atoms with van der Waals surface area (Å²) in [5.41, 5.74) is 0.